The van der Waals surface area contributed by atoms with Crippen LogP contribution in [-0.2, 0) is 6.42 Å². The molecule has 0 amide bonds. The van der Waals surface area contributed by atoms with Gasteiger partial charge in [0.15, 0.2) is 0 Å². The van der Waals surface area contributed by atoms with Crippen molar-refractivity contribution in [3.05, 3.63) is 22.4 Å². The quantitative estimate of drug-likeness (QED) is 0.761. The molecule has 0 aliphatic carbocycles. The zero-order valence-electron chi connectivity index (χ0n) is 9.42. The average Bonchev–Trinajstić information content (AvgIpc) is 2.66. The molecular formula is C12H21NS. The van der Waals surface area contributed by atoms with Crippen molar-refractivity contribution in [2.45, 2.75) is 39.7 Å². The Bertz CT molecular complexity index is 230. The van der Waals surface area contributed by atoms with E-state index in [9.17, 15) is 0 Å². The van der Waals surface area contributed by atoms with Crippen molar-refractivity contribution in [1.29, 1.82) is 0 Å². The Morgan fingerprint density at radius 2 is 2.21 bits per heavy atom. The van der Waals surface area contributed by atoms with Gasteiger partial charge in [0.05, 0.1) is 0 Å². The van der Waals surface area contributed by atoms with Gasteiger partial charge in [0.1, 0.15) is 0 Å². The molecule has 1 aromatic heterocycles. The number of hydrogen-bond acceptors (Lipinski definition) is 2. The van der Waals surface area contributed by atoms with Gasteiger partial charge in [0, 0.05) is 10.9 Å². The minimum Gasteiger partial charge on any atom is -0.314 e. The summed E-state index contributed by atoms with van der Waals surface area (Å²) >= 11 is 1.86. The first-order valence-corrected chi connectivity index (χ1v) is 6.36. The molecule has 80 valence electrons. The first kappa shape index (κ1) is 11.7. The van der Waals surface area contributed by atoms with Crippen molar-refractivity contribution < 1.29 is 0 Å². The van der Waals surface area contributed by atoms with Crippen LogP contribution in [0.2, 0.25) is 0 Å². The highest BCUT2D eigenvalue weighted by molar-refractivity contribution is 7.09. The Balaban J connectivity index is 2.19. The molecule has 1 rings (SSSR count). The van der Waals surface area contributed by atoms with Crippen LogP contribution in [0.25, 0.3) is 0 Å². The fraction of sp³-hybridized carbons (Fsp3) is 0.667. The van der Waals surface area contributed by atoms with E-state index in [1.165, 1.54) is 17.7 Å². The summed E-state index contributed by atoms with van der Waals surface area (Å²) in [5, 5.41) is 5.71. The van der Waals surface area contributed by atoms with Crippen LogP contribution in [0.3, 0.4) is 0 Å². The van der Waals surface area contributed by atoms with E-state index in [0.717, 1.165) is 12.5 Å². The van der Waals surface area contributed by atoms with Crippen molar-refractivity contribution in [2.24, 2.45) is 5.92 Å². The van der Waals surface area contributed by atoms with E-state index < -0.39 is 0 Å². The average molecular weight is 211 g/mol. The molecule has 0 aliphatic rings. The van der Waals surface area contributed by atoms with Crippen LogP contribution in [0.5, 0.6) is 0 Å². The van der Waals surface area contributed by atoms with E-state index in [-0.39, 0.29) is 0 Å². The highest BCUT2D eigenvalue weighted by atomic mass is 32.1. The Morgan fingerprint density at radius 1 is 1.43 bits per heavy atom. The molecule has 0 saturated heterocycles. The summed E-state index contributed by atoms with van der Waals surface area (Å²) in [7, 11) is 0. The maximum atomic E-state index is 3.55. The second kappa shape index (κ2) is 6.20. The highest BCUT2D eigenvalue weighted by Crippen LogP contribution is 2.13. The Labute approximate surface area is 91.5 Å². The summed E-state index contributed by atoms with van der Waals surface area (Å²) in [5.41, 5.74) is 0. The summed E-state index contributed by atoms with van der Waals surface area (Å²) in [6, 6.07) is 5.01. The number of hydrogen-bond donors (Lipinski definition) is 1. The van der Waals surface area contributed by atoms with Gasteiger partial charge in [-0.2, -0.15) is 0 Å². The van der Waals surface area contributed by atoms with Gasteiger partial charge in [-0.3, -0.25) is 0 Å². The SMILES string of the molecule is CCC(C)NCC(C)Cc1cccs1. The van der Waals surface area contributed by atoms with Crippen molar-refractivity contribution in [1.82, 2.24) is 5.32 Å². The summed E-state index contributed by atoms with van der Waals surface area (Å²) in [6.45, 7) is 7.92. The fourth-order valence-corrected chi connectivity index (χ4v) is 2.26. The molecule has 1 heterocycles. The minimum absolute atomic E-state index is 0.654. The molecule has 14 heavy (non-hydrogen) atoms. The van der Waals surface area contributed by atoms with Gasteiger partial charge in [-0.25, -0.2) is 0 Å². The molecular weight excluding hydrogens is 190 g/mol. The molecule has 2 atom stereocenters. The normalized spacial score (nSPS) is 15.4. The standard InChI is InChI=1S/C12H21NS/c1-4-11(3)13-9-10(2)8-12-6-5-7-14-12/h5-7,10-11,13H,4,8-9H2,1-3H3. The van der Waals surface area contributed by atoms with Crippen molar-refractivity contribution in [3.63, 3.8) is 0 Å². The maximum absolute atomic E-state index is 3.55. The summed E-state index contributed by atoms with van der Waals surface area (Å²) < 4.78 is 0. The molecule has 1 N–H and O–H groups in total. The summed E-state index contributed by atoms with van der Waals surface area (Å²) in [5.74, 6) is 0.739. The molecule has 0 saturated carbocycles. The van der Waals surface area contributed by atoms with E-state index in [2.05, 4.69) is 43.6 Å². The van der Waals surface area contributed by atoms with Crippen LogP contribution in [0, 0.1) is 5.92 Å². The van der Waals surface area contributed by atoms with E-state index in [0.29, 0.717) is 6.04 Å². The molecule has 0 aliphatic heterocycles. The number of rotatable bonds is 6. The maximum Gasteiger partial charge on any atom is 0.00483 e. The minimum atomic E-state index is 0.654. The lowest BCUT2D eigenvalue weighted by Crippen LogP contribution is -2.30. The van der Waals surface area contributed by atoms with Crippen molar-refractivity contribution in [3.8, 4) is 0 Å². The molecule has 0 fully saturated rings. The van der Waals surface area contributed by atoms with Gasteiger partial charge in [-0.15, -0.1) is 11.3 Å². The number of thiophene rings is 1. The van der Waals surface area contributed by atoms with Crippen molar-refractivity contribution >= 4 is 11.3 Å². The van der Waals surface area contributed by atoms with Crippen LogP contribution in [0.4, 0.5) is 0 Å². The van der Waals surface area contributed by atoms with Gasteiger partial charge < -0.3 is 5.32 Å². The zero-order chi connectivity index (χ0) is 10.4. The van der Waals surface area contributed by atoms with E-state index >= 15 is 0 Å². The Hall–Kier alpha value is -0.340. The van der Waals surface area contributed by atoms with Crippen LogP contribution in [-0.4, -0.2) is 12.6 Å². The number of nitrogens with one attached hydrogen (secondary N) is 1. The third-order valence-electron chi connectivity index (χ3n) is 2.56. The Morgan fingerprint density at radius 3 is 2.79 bits per heavy atom. The molecule has 0 radical (unpaired) electrons. The fourth-order valence-electron chi connectivity index (χ4n) is 1.39. The summed E-state index contributed by atoms with van der Waals surface area (Å²) in [4.78, 5) is 1.50. The summed E-state index contributed by atoms with van der Waals surface area (Å²) in [6.07, 6.45) is 2.42. The van der Waals surface area contributed by atoms with Gasteiger partial charge >= 0.3 is 0 Å². The van der Waals surface area contributed by atoms with E-state index in [4.69, 9.17) is 0 Å². The highest BCUT2D eigenvalue weighted by Gasteiger charge is 2.05. The van der Waals surface area contributed by atoms with E-state index in [1.54, 1.807) is 0 Å². The van der Waals surface area contributed by atoms with Gasteiger partial charge in [0.25, 0.3) is 0 Å². The van der Waals surface area contributed by atoms with Crippen LogP contribution in [0.15, 0.2) is 17.5 Å². The predicted octanol–water partition coefficient (Wildman–Crippen LogP) is 3.31. The van der Waals surface area contributed by atoms with Crippen LogP contribution in [0.1, 0.15) is 32.1 Å². The molecule has 0 aromatic carbocycles. The molecule has 0 spiro atoms. The largest absolute Gasteiger partial charge is 0.314 e. The van der Waals surface area contributed by atoms with Gasteiger partial charge in [-0.05, 0) is 43.7 Å². The molecule has 1 aromatic rings. The Kier molecular flexibility index (Phi) is 5.20. The van der Waals surface area contributed by atoms with Crippen LogP contribution < -0.4 is 5.32 Å². The topological polar surface area (TPSA) is 12.0 Å². The molecule has 1 nitrogen and oxygen atoms in total. The first-order chi connectivity index (χ1) is 6.72. The smallest absolute Gasteiger partial charge is 0.00483 e. The van der Waals surface area contributed by atoms with Crippen molar-refractivity contribution in [2.75, 3.05) is 6.54 Å². The lowest BCUT2D eigenvalue weighted by atomic mass is 10.1. The third kappa shape index (κ3) is 4.25. The third-order valence-corrected chi connectivity index (χ3v) is 3.46. The predicted molar refractivity (Wildman–Crippen MR) is 64.9 cm³/mol. The molecule has 2 heteroatoms. The monoisotopic (exact) mass is 211 g/mol. The zero-order valence-corrected chi connectivity index (χ0v) is 10.2. The lowest BCUT2D eigenvalue weighted by Gasteiger charge is -2.15. The lowest BCUT2D eigenvalue weighted by molar-refractivity contribution is 0.454. The van der Waals surface area contributed by atoms with Crippen LogP contribution >= 0.6 is 11.3 Å². The second-order valence-corrected chi connectivity index (χ2v) is 5.14. The van der Waals surface area contributed by atoms with Gasteiger partial charge in [-0.1, -0.05) is 19.9 Å². The van der Waals surface area contributed by atoms with Gasteiger partial charge in [0.2, 0.25) is 0 Å². The first-order valence-electron chi connectivity index (χ1n) is 5.48. The van der Waals surface area contributed by atoms with E-state index in [1.807, 2.05) is 11.3 Å². The second-order valence-electron chi connectivity index (χ2n) is 4.11. The molecule has 2 unspecified atom stereocenters. The molecule has 0 bridgehead atoms.